The summed E-state index contributed by atoms with van der Waals surface area (Å²) in [5.41, 5.74) is 0. The third-order valence-corrected chi connectivity index (χ3v) is 8.03. The molecule has 0 amide bonds. The minimum atomic E-state index is -0.264. The van der Waals surface area contributed by atoms with Gasteiger partial charge in [0.1, 0.15) is 12.2 Å². The maximum atomic E-state index is 13.0. The van der Waals surface area contributed by atoms with E-state index in [1.54, 1.807) is 0 Å². The Morgan fingerprint density at radius 2 is 1.23 bits per heavy atom. The summed E-state index contributed by atoms with van der Waals surface area (Å²) in [7, 11) is 0. The maximum Gasteiger partial charge on any atom is 0.310 e. The zero-order valence-electron chi connectivity index (χ0n) is 16.6. The Morgan fingerprint density at radius 3 is 1.88 bits per heavy atom. The number of carbonyl (C=O) groups excluding carboxylic acids is 2. The second-order valence-electron chi connectivity index (χ2n) is 9.96. The van der Waals surface area contributed by atoms with E-state index in [9.17, 15) is 9.59 Å². The van der Waals surface area contributed by atoms with Crippen LogP contribution in [0.3, 0.4) is 0 Å². The Hall–Kier alpha value is -1.06. The molecule has 0 aromatic rings. The number of carbonyl (C=O) groups is 2. The normalized spacial score (nSPS) is 45.5. The van der Waals surface area contributed by atoms with Crippen LogP contribution in [0.15, 0.2) is 0 Å². The van der Waals surface area contributed by atoms with E-state index in [2.05, 4.69) is 27.7 Å². The van der Waals surface area contributed by atoms with Gasteiger partial charge in [0, 0.05) is 11.8 Å². The van der Waals surface area contributed by atoms with Crippen molar-refractivity contribution in [1.29, 1.82) is 0 Å². The predicted octanol–water partition coefficient (Wildman–Crippen LogP) is 4.21. The van der Waals surface area contributed by atoms with E-state index >= 15 is 0 Å². The molecule has 0 radical (unpaired) electrons. The third kappa shape index (κ3) is 2.97. The molecule has 4 fully saturated rings. The molecule has 4 heteroatoms. The highest BCUT2D eigenvalue weighted by Crippen LogP contribution is 2.52. The molecule has 4 aliphatic rings. The third-order valence-electron chi connectivity index (χ3n) is 8.03. The van der Waals surface area contributed by atoms with Crippen molar-refractivity contribution in [2.75, 3.05) is 0 Å². The predicted molar refractivity (Wildman–Crippen MR) is 98.1 cm³/mol. The van der Waals surface area contributed by atoms with E-state index in [0.29, 0.717) is 23.7 Å². The molecule has 0 spiro atoms. The van der Waals surface area contributed by atoms with Gasteiger partial charge in [-0.3, -0.25) is 9.59 Å². The van der Waals surface area contributed by atoms with Crippen LogP contribution in [0.4, 0.5) is 0 Å². The van der Waals surface area contributed by atoms with Crippen molar-refractivity contribution in [2.24, 2.45) is 47.3 Å². The fourth-order valence-corrected chi connectivity index (χ4v) is 6.31. The zero-order chi connectivity index (χ0) is 18.6. The SMILES string of the molecule is CC(C)C1CCC2C(C1)OC(=O)C1C3CC(C(C)C)CCC3OC(=O)C21. The van der Waals surface area contributed by atoms with Gasteiger partial charge in [0.2, 0.25) is 0 Å². The minimum Gasteiger partial charge on any atom is -0.462 e. The topological polar surface area (TPSA) is 52.6 Å². The van der Waals surface area contributed by atoms with Crippen LogP contribution in [-0.2, 0) is 19.1 Å². The number of fused-ring (bicyclic) bond motifs is 5. The Bertz CT molecular complexity index is 568. The van der Waals surface area contributed by atoms with Gasteiger partial charge in [-0.25, -0.2) is 0 Å². The van der Waals surface area contributed by atoms with E-state index < -0.39 is 0 Å². The average Bonchev–Trinajstić information content (AvgIpc) is 2.60. The molecule has 8 unspecified atom stereocenters. The summed E-state index contributed by atoms with van der Waals surface area (Å²) in [4.78, 5) is 25.9. The van der Waals surface area contributed by atoms with Crippen molar-refractivity contribution in [1.82, 2.24) is 0 Å². The van der Waals surface area contributed by atoms with E-state index in [4.69, 9.17) is 9.47 Å². The average molecular weight is 363 g/mol. The lowest BCUT2D eigenvalue weighted by atomic mass is 9.59. The van der Waals surface area contributed by atoms with Gasteiger partial charge in [0.05, 0.1) is 11.8 Å². The molecular formula is C22H34O4. The first-order valence-electron chi connectivity index (χ1n) is 10.8. The molecule has 26 heavy (non-hydrogen) atoms. The van der Waals surface area contributed by atoms with Crippen molar-refractivity contribution < 1.29 is 19.1 Å². The van der Waals surface area contributed by atoms with Crippen molar-refractivity contribution in [3.8, 4) is 0 Å². The van der Waals surface area contributed by atoms with E-state index in [1.807, 2.05) is 0 Å². The number of rotatable bonds is 2. The van der Waals surface area contributed by atoms with Gasteiger partial charge >= 0.3 is 11.9 Å². The van der Waals surface area contributed by atoms with Crippen molar-refractivity contribution in [2.45, 2.75) is 78.4 Å². The lowest BCUT2D eigenvalue weighted by Crippen LogP contribution is -2.59. The van der Waals surface area contributed by atoms with Gasteiger partial charge in [-0.05, 0) is 62.2 Å². The molecule has 2 aliphatic heterocycles. The first kappa shape index (κ1) is 18.3. The van der Waals surface area contributed by atoms with Crippen LogP contribution in [0.25, 0.3) is 0 Å². The van der Waals surface area contributed by atoms with Gasteiger partial charge in [-0.2, -0.15) is 0 Å². The maximum absolute atomic E-state index is 13.0. The molecule has 0 N–H and O–H groups in total. The van der Waals surface area contributed by atoms with Crippen LogP contribution < -0.4 is 0 Å². The van der Waals surface area contributed by atoms with Crippen LogP contribution in [0.1, 0.15) is 66.2 Å². The van der Waals surface area contributed by atoms with Crippen LogP contribution in [0, 0.1) is 47.3 Å². The Morgan fingerprint density at radius 1 is 0.692 bits per heavy atom. The summed E-state index contributed by atoms with van der Waals surface area (Å²) in [6.45, 7) is 9.01. The van der Waals surface area contributed by atoms with Gasteiger partial charge in [0.25, 0.3) is 0 Å². The highest BCUT2D eigenvalue weighted by atomic mass is 16.6. The van der Waals surface area contributed by atoms with Gasteiger partial charge in [-0.1, -0.05) is 27.7 Å². The quantitative estimate of drug-likeness (QED) is 0.690. The van der Waals surface area contributed by atoms with E-state index in [1.165, 1.54) is 0 Å². The van der Waals surface area contributed by atoms with Gasteiger partial charge < -0.3 is 9.47 Å². The monoisotopic (exact) mass is 362 g/mol. The summed E-state index contributed by atoms with van der Waals surface area (Å²) in [5.74, 6) is 1.99. The Balaban J connectivity index is 1.58. The van der Waals surface area contributed by atoms with Crippen LogP contribution in [0.5, 0.6) is 0 Å². The molecule has 0 aromatic heterocycles. The molecular weight excluding hydrogens is 328 g/mol. The first-order chi connectivity index (χ1) is 12.4. The minimum absolute atomic E-state index is 0.0742. The summed E-state index contributed by atoms with van der Waals surface area (Å²) < 4.78 is 11.9. The molecule has 0 aromatic carbocycles. The molecule has 2 saturated carbocycles. The lowest BCUT2D eigenvalue weighted by molar-refractivity contribution is -0.216. The molecule has 2 aliphatic carbocycles. The van der Waals surface area contributed by atoms with Crippen molar-refractivity contribution in [3.63, 3.8) is 0 Å². The van der Waals surface area contributed by atoms with Crippen molar-refractivity contribution in [3.05, 3.63) is 0 Å². The molecule has 8 atom stereocenters. The summed E-state index contributed by atoms with van der Waals surface area (Å²) >= 11 is 0. The largest absolute Gasteiger partial charge is 0.462 e. The molecule has 2 saturated heterocycles. The fourth-order valence-electron chi connectivity index (χ4n) is 6.31. The number of ether oxygens (including phenoxy) is 2. The van der Waals surface area contributed by atoms with Crippen LogP contribution >= 0.6 is 0 Å². The zero-order valence-corrected chi connectivity index (χ0v) is 16.6. The summed E-state index contributed by atoms with van der Waals surface area (Å²) in [6.07, 6.45) is 5.87. The molecule has 146 valence electrons. The second kappa shape index (κ2) is 6.83. The van der Waals surface area contributed by atoms with E-state index in [-0.39, 0.29) is 47.8 Å². The van der Waals surface area contributed by atoms with Gasteiger partial charge in [0.15, 0.2) is 0 Å². The Kier molecular flexibility index (Phi) is 4.81. The fraction of sp³-hybridized carbons (Fsp3) is 0.909. The number of hydrogen-bond acceptors (Lipinski definition) is 4. The molecule has 2 heterocycles. The lowest BCUT2D eigenvalue weighted by Gasteiger charge is -2.53. The molecule has 0 bridgehead atoms. The highest BCUT2D eigenvalue weighted by Gasteiger charge is 2.59. The summed E-state index contributed by atoms with van der Waals surface area (Å²) in [5, 5.41) is 0. The second-order valence-corrected chi connectivity index (χ2v) is 9.96. The van der Waals surface area contributed by atoms with Crippen LogP contribution in [-0.4, -0.2) is 24.1 Å². The Labute approximate surface area is 157 Å². The standard InChI is InChI=1S/C22H34O4/c1-11(2)13-6-8-17-16(9-13)20-19(21(23)25-17)15-7-5-14(12(3)4)10-18(15)26-22(20)24/h11-20H,5-10H2,1-4H3. The molecule has 4 nitrogen and oxygen atoms in total. The van der Waals surface area contributed by atoms with E-state index in [0.717, 1.165) is 38.5 Å². The first-order valence-corrected chi connectivity index (χ1v) is 10.8. The highest BCUT2D eigenvalue weighted by molar-refractivity contribution is 5.85. The summed E-state index contributed by atoms with van der Waals surface area (Å²) in [6, 6.07) is 0. The number of hydrogen-bond donors (Lipinski definition) is 0. The number of esters is 2. The van der Waals surface area contributed by atoms with Gasteiger partial charge in [-0.15, -0.1) is 0 Å². The van der Waals surface area contributed by atoms with Crippen molar-refractivity contribution >= 4 is 11.9 Å². The van der Waals surface area contributed by atoms with Crippen LogP contribution in [0.2, 0.25) is 0 Å². The smallest absolute Gasteiger partial charge is 0.310 e. The molecule has 4 rings (SSSR count).